The lowest BCUT2D eigenvalue weighted by Crippen LogP contribution is -2.11. The van der Waals surface area contributed by atoms with Gasteiger partial charge >= 0.3 is 0 Å². The zero-order valence-corrected chi connectivity index (χ0v) is 5.94. The zero-order chi connectivity index (χ0) is 7.61. The van der Waals surface area contributed by atoms with E-state index in [4.69, 9.17) is 11.6 Å². The lowest BCUT2D eigenvalue weighted by molar-refractivity contribution is -0.104. The second kappa shape index (κ2) is 2.54. The quantitative estimate of drug-likeness (QED) is 0.424. The maximum absolute atomic E-state index is 12.7. The molecule has 1 aliphatic carbocycles. The van der Waals surface area contributed by atoms with Crippen molar-refractivity contribution in [3.8, 4) is 0 Å². The number of halogens is 2. The molecule has 54 valence electrons. The Balaban J connectivity index is 2.72. The second-order valence-electron chi connectivity index (χ2n) is 2.12. The summed E-state index contributed by atoms with van der Waals surface area (Å²) >= 11 is 5.28. The minimum atomic E-state index is -1.79. The first kappa shape index (κ1) is 7.48. The van der Waals surface area contributed by atoms with Crippen LogP contribution in [0.5, 0.6) is 0 Å². The molecule has 10 heavy (non-hydrogen) atoms. The van der Waals surface area contributed by atoms with Crippen molar-refractivity contribution in [1.29, 1.82) is 0 Å². The van der Waals surface area contributed by atoms with E-state index in [0.29, 0.717) is 11.9 Å². The number of carbonyl (C=O) groups is 1. The average molecular weight is 161 g/mol. The van der Waals surface area contributed by atoms with Crippen LogP contribution in [0.3, 0.4) is 0 Å². The van der Waals surface area contributed by atoms with Crippen molar-refractivity contribution in [3.05, 3.63) is 23.8 Å². The highest BCUT2D eigenvalue weighted by atomic mass is 35.5. The number of alkyl halides is 2. The molecule has 0 saturated heterocycles. The van der Waals surface area contributed by atoms with Gasteiger partial charge in [0, 0.05) is 12.0 Å². The van der Waals surface area contributed by atoms with Crippen molar-refractivity contribution < 1.29 is 9.18 Å². The van der Waals surface area contributed by atoms with Crippen LogP contribution >= 0.6 is 11.6 Å². The first-order valence-electron chi connectivity index (χ1n) is 2.86. The van der Waals surface area contributed by atoms with Gasteiger partial charge in [-0.2, -0.15) is 0 Å². The standard InChI is InChI=1S/C7H6ClFO/c8-7(9)3-1-6(5-10)2-4-7/h1-3,5H,4H2. The van der Waals surface area contributed by atoms with Gasteiger partial charge in [-0.25, -0.2) is 4.39 Å². The Morgan fingerprint density at radius 2 is 2.50 bits per heavy atom. The third kappa shape index (κ3) is 1.67. The Labute approximate surface area is 63.2 Å². The SMILES string of the molecule is O=CC1=CCC(F)(Cl)C=C1. The Morgan fingerprint density at radius 1 is 1.80 bits per heavy atom. The van der Waals surface area contributed by atoms with E-state index >= 15 is 0 Å². The van der Waals surface area contributed by atoms with Crippen molar-refractivity contribution >= 4 is 17.9 Å². The number of aldehydes is 1. The summed E-state index contributed by atoms with van der Waals surface area (Å²) in [5.74, 6) is 0. The third-order valence-electron chi connectivity index (χ3n) is 1.27. The first-order valence-corrected chi connectivity index (χ1v) is 3.24. The third-order valence-corrected chi connectivity index (χ3v) is 1.55. The van der Waals surface area contributed by atoms with Crippen LogP contribution in [0.15, 0.2) is 23.8 Å². The van der Waals surface area contributed by atoms with Crippen LogP contribution in [-0.2, 0) is 4.79 Å². The van der Waals surface area contributed by atoms with Crippen LogP contribution in [0.25, 0.3) is 0 Å². The number of rotatable bonds is 1. The fourth-order valence-corrected chi connectivity index (χ4v) is 0.836. The summed E-state index contributed by atoms with van der Waals surface area (Å²) in [5, 5.41) is -1.79. The smallest absolute Gasteiger partial charge is 0.205 e. The van der Waals surface area contributed by atoms with E-state index in [2.05, 4.69) is 0 Å². The minimum absolute atomic E-state index is 0.0686. The van der Waals surface area contributed by atoms with Crippen molar-refractivity contribution in [1.82, 2.24) is 0 Å². The minimum Gasteiger partial charge on any atom is -0.298 e. The molecule has 3 heteroatoms. The van der Waals surface area contributed by atoms with Crippen LogP contribution in [0.1, 0.15) is 6.42 Å². The summed E-state index contributed by atoms with van der Waals surface area (Å²) in [7, 11) is 0. The van der Waals surface area contributed by atoms with Crippen molar-refractivity contribution in [2.24, 2.45) is 0 Å². The largest absolute Gasteiger partial charge is 0.298 e. The van der Waals surface area contributed by atoms with Gasteiger partial charge in [-0.1, -0.05) is 23.8 Å². The number of hydrogen-bond donors (Lipinski definition) is 0. The van der Waals surface area contributed by atoms with Crippen molar-refractivity contribution in [2.45, 2.75) is 11.5 Å². The fourth-order valence-electron chi connectivity index (χ4n) is 0.696. The normalized spacial score (nSPS) is 31.6. The molecular formula is C7H6ClFO. The fraction of sp³-hybridized carbons (Fsp3) is 0.286. The lowest BCUT2D eigenvalue weighted by atomic mass is 10.1. The molecule has 1 nitrogen and oxygen atoms in total. The maximum atomic E-state index is 12.7. The van der Waals surface area contributed by atoms with Crippen LogP contribution in [-0.4, -0.2) is 11.4 Å². The molecule has 0 fully saturated rings. The van der Waals surface area contributed by atoms with Crippen LogP contribution < -0.4 is 0 Å². The van der Waals surface area contributed by atoms with Gasteiger partial charge in [0.05, 0.1) is 0 Å². The molecule has 0 aromatic heterocycles. The summed E-state index contributed by atoms with van der Waals surface area (Å²) in [5.41, 5.74) is 0.480. The van der Waals surface area contributed by atoms with Gasteiger partial charge < -0.3 is 0 Å². The van der Waals surface area contributed by atoms with Gasteiger partial charge in [0.2, 0.25) is 5.13 Å². The van der Waals surface area contributed by atoms with Crippen molar-refractivity contribution in [2.75, 3.05) is 0 Å². The molecule has 1 atom stereocenters. The average Bonchev–Trinajstić information content (AvgIpc) is 1.88. The van der Waals surface area contributed by atoms with Crippen LogP contribution in [0.2, 0.25) is 0 Å². The molecule has 0 saturated carbocycles. The highest BCUT2D eigenvalue weighted by molar-refractivity contribution is 6.24. The van der Waals surface area contributed by atoms with E-state index in [1.165, 1.54) is 18.2 Å². The molecule has 0 radical (unpaired) electrons. The van der Waals surface area contributed by atoms with Crippen LogP contribution in [0, 0.1) is 0 Å². The summed E-state index contributed by atoms with van der Waals surface area (Å²) < 4.78 is 12.7. The molecule has 0 aromatic carbocycles. The highest BCUT2D eigenvalue weighted by Crippen LogP contribution is 2.28. The molecular weight excluding hydrogens is 155 g/mol. The predicted molar refractivity (Wildman–Crippen MR) is 37.6 cm³/mol. The first-order chi connectivity index (χ1) is 4.64. The lowest BCUT2D eigenvalue weighted by Gasteiger charge is -2.13. The Hall–Kier alpha value is -0.630. The molecule has 0 amide bonds. The van der Waals surface area contributed by atoms with Gasteiger partial charge in [-0.05, 0) is 6.08 Å². The highest BCUT2D eigenvalue weighted by Gasteiger charge is 2.23. The molecule has 1 unspecified atom stereocenters. The van der Waals surface area contributed by atoms with Gasteiger partial charge in [-0.3, -0.25) is 4.79 Å². The predicted octanol–water partition coefficient (Wildman–Crippen LogP) is 1.98. The number of allylic oxidation sites excluding steroid dienone is 4. The molecule has 0 aromatic rings. The van der Waals surface area contributed by atoms with E-state index in [9.17, 15) is 9.18 Å². The van der Waals surface area contributed by atoms with Gasteiger partial charge in [0.1, 0.15) is 6.29 Å². The van der Waals surface area contributed by atoms with Crippen molar-refractivity contribution in [3.63, 3.8) is 0 Å². The van der Waals surface area contributed by atoms with Crippen LogP contribution in [0.4, 0.5) is 4.39 Å². The van der Waals surface area contributed by atoms with E-state index in [0.717, 1.165) is 0 Å². The van der Waals surface area contributed by atoms with Gasteiger partial charge in [0.25, 0.3) is 0 Å². The molecule has 0 spiro atoms. The van der Waals surface area contributed by atoms with E-state index < -0.39 is 5.13 Å². The molecule has 1 aliphatic rings. The molecule has 0 bridgehead atoms. The van der Waals surface area contributed by atoms with Gasteiger partial charge in [0.15, 0.2) is 0 Å². The van der Waals surface area contributed by atoms with E-state index in [1.54, 1.807) is 0 Å². The Bertz CT molecular complexity index is 206. The number of hydrogen-bond acceptors (Lipinski definition) is 1. The summed E-state index contributed by atoms with van der Waals surface area (Å²) in [6, 6.07) is 0. The van der Waals surface area contributed by atoms with E-state index in [1.807, 2.05) is 0 Å². The number of carbonyl (C=O) groups excluding carboxylic acids is 1. The monoisotopic (exact) mass is 160 g/mol. The molecule has 0 heterocycles. The van der Waals surface area contributed by atoms with E-state index in [-0.39, 0.29) is 6.42 Å². The van der Waals surface area contributed by atoms with Gasteiger partial charge in [-0.15, -0.1) is 0 Å². The molecule has 0 aliphatic heterocycles. The topological polar surface area (TPSA) is 17.1 Å². The summed E-state index contributed by atoms with van der Waals surface area (Å²) in [4.78, 5) is 10.1. The maximum Gasteiger partial charge on any atom is 0.205 e. The zero-order valence-electron chi connectivity index (χ0n) is 5.18. The second-order valence-corrected chi connectivity index (χ2v) is 2.75. The molecule has 1 rings (SSSR count). The Morgan fingerprint density at radius 3 is 2.90 bits per heavy atom. The summed E-state index contributed by atoms with van der Waals surface area (Å²) in [6.07, 6.45) is 4.77. The summed E-state index contributed by atoms with van der Waals surface area (Å²) in [6.45, 7) is 0. The molecule has 0 N–H and O–H groups in total. The Kier molecular flexibility index (Phi) is 1.90.